The number of nitrogens with one attached hydrogen (secondary N) is 1. The SMILES string of the molecule is COc1ccc(Nc2ccc(OC)cc2C)cc1. The first-order chi connectivity index (χ1) is 8.72. The molecule has 0 atom stereocenters. The highest BCUT2D eigenvalue weighted by molar-refractivity contribution is 5.64. The van der Waals surface area contributed by atoms with Gasteiger partial charge in [0.25, 0.3) is 0 Å². The molecule has 0 heterocycles. The van der Waals surface area contributed by atoms with E-state index in [1.165, 1.54) is 0 Å². The monoisotopic (exact) mass is 243 g/mol. The van der Waals surface area contributed by atoms with E-state index in [9.17, 15) is 0 Å². The molecule has 0 aliphatic rings. The van der Waals surface area contributed by atoms with Crippen molar-refractivity contribution >= 4 is 11.4 Å². The van der Waals surface area contributed by atoms with Crippen molar-refractivity contribution in [2.45, 2.75) is 6.92 Å². The number of methoxy groups -OCH3 is 2. The lowest BCUT2D eigenvalue weighted by Crippen LogP contribution is -1.94. The van der Waals surface area contributed by atoms with Crippen LogP contribution in [0.4, 0.5) is 11.4 Å². The molecule has 0 aliphatic heterocycles. The second-order valence-corrected chi connectivity index (χ2v) is 4.03. The Morgan fingerprint density at radius 2 is 1.44 bits per heavy atom. The lowest BCUT2D eigenvalue weighted by atomic mass is 10.2. The van der Waals surface area contributed by atoms with Crippen molar-refractivity contribution in [2.24, 2.45) is 0 Å². The molecule has 2 aromatic rings. The summed E-state index contributed by atoms with van der Waals surface area (Å²) in [6.45, 7) is 2.05. The number of hydrogen-bond donors (Lipinski definition) is 1. The molecule has 0 bridgehead atoms. The molecular formula is C15H17NO2. The summed E-state index contributed by atoms with van der Waals surface area (Å²) in [6, 6.07) is 13.8. The number of hydrogen-bond acceptors (Lipinski definition) is 3. The van der Waals surface area contributed by atoms with Gasteiger partial charge in [-0.1, -0.05) is 0 Å². The minimum Gasteiger partial charge on any atom is -0.497 e. The summed E-state index contributed by atoms with van der Waals surface area (Å²) in [5, 5.41) is 3.36. The van der Waals surface area contributed by atoms with Crippen LogP contribution in [0.3, 0.4) is 0 Å². The van der Waals surface area contributed by atoms with Gasteiger partial charge in [-0.2, -0.15) is 0 Å². The zero-order valence-corrected chi connectivity index (χ0v) is 10.9. The van der Waals surface area contributed by atoms with E-state index in [2.05, 4.69) is 5.32 Å². The minimum atomic E-state index is 0.854. The van der Waals surface area contributed by atoms with Crippen LogP contribution in [0.5, 0.6) is 11.5 Å². The zero-order valence-electron chi connectivity index (χ0n) is 10.9. The van der Waals surface area contributed by atoms with Crippen LogP contribution in [0.15, 0.2) is 42.5 Å². The predicted molar refractivity (Wildman–Crippen MR) is 74.0 cm³/mol. The van der Waals surface area contributed by atoms with Crippen molar-refractivity contribution < 1.29 is 9.47 Å². The topological polar surface area (TPSA) is 30.5 Å². The van der Waals surface area contributed by atoms with Gasteiger partial charge >= 0.3 is 0 Å². The predicted octanol–water partition coefficient (Wildman–Crippen LogP) is 3.76. The van der Waals surface area contributed by atoms with Gasteiger partial charge in [0.1, 0.15) is 11.5 Å². The van der Waals surface area contributed by atoms with Crippen LogP contribution in [0.2, 0.25) is 0 Å². The van der Waals surface area contributed by atoms with E-state index in [1.807, 2.05) is 49.4 Å². The van der Waals surface area contributed by atoms with Gasteiger partial charge in [0.15, 0.2) is 0 Å². The molecule has 0 spiro atoms. The maximum Gasteiger partial charge on any atom is 0.119 e. The molecule has 0 radical (unpaired) electrons. The Bertz CT molecular complexity index is 521. The van der Waals surface area contributed by atoms with Gasteiger partial charge in [-0.15, -0.1) is 0 Å². The molecule has 0 saturated heterocycles. The van der Waals surface area contributed by atoms with Crippen molar-refractivity contribution in [3.8, 4) is 11.5 Å². The Morgan fingerprint density at radius 1 is 0.833 bits per heavy atom. The number of ether oxygens (including phenoxy) is 2. The molecule has 18 heavy (non-hydrogen) atoms. The summed E-state index contributed by atoms with van der Waals surface area (Å²) in [7, 11) is 3.33. The van der Waals surface area contributed by atoms with E-state index in [1.54, 1.807) is 14.2 Å². The minimum absolute atomic E-state index is 0.854. The molecule has 0 aliphatic carbocycles. The Hall–Kier alpha value is -2.16. The van der Waals surface area contributed by atoms with Gasteiger partial charge in [-0.3, -0.25) is 0 Å². The Morgan fingerprint density at radius 3 is 2.00 bits per heavy atom. The maximum absolute atomic E-state index is 5.19. The molecule has 3 nitrogen and oxygen atoms in total. The average Bonchev–Trinajstić information content (AvgIpc) is 2.42. The number of benzene rings is 2. The zero-order chi connectivity index (χ0) is 13.0. The van der Waals surface area contributed by atoms with Crippen LogP contribution >= 0.6 is 0 Å². The largest absolute Gasteiger partial charge is 0.497 e. The third kappa shape index (κ3) is 2.74. The van der Waals surface area contributed by atoms with Crippen LogP contribution in [0.25, 0.3) is 0 Å². The molecule has 0 amide bonds. The normalized spacial score (nSPS) is 9.94. The highest BCUT2D eigenvalue weighted by Crippen LogP contribution is 2.25. The summed E-state index contributed by atoms with van der Waals surface area (Å²) < 4.78 is 10.3. The first-order valence-corrected chi connectivity index (χ1v) is 5.78. The van der Waals surface area contributed by atoms with Gasteiger partial charge in [-0.05, 0) is 55.0 Å². The van der Waals surface area contributed by atoms with Crippen LogP contribution in [-0.4, -0.2) is 14.2 Å². The summed E-state index contributed by atoms with van der Waals surface area (Å²) in [5.74, 6) is 1.72. The van der Waals surface area contributed by atoms with Crippen molar-refractivity contribution in [2.75, 3.05) is 19.5 Å². The second-order valence-electron chi connectivity index (χ2n) is 4.03. The molecule has 2 rings (SSSR count). The van der Waals surface area contributed by atoms with Crippen molar-refractivity contribution in [1.82, 2.24) is 0 Å². The van der Waals surface area contributed by atoms with E-state index in [4.69, 9.17) is 9.47 Å². The van der Waals surface area contributed by atoms with Crippen molar-refractivity contribution in [1.29, 1.82) is 0 Å². The van der Waals surface area contributed by atoms with Gasteiger partial charge in [0, 0.05) is 11.4 Å². The molecule has 94 valence electrons. The van der Waals surface area contributed by atoms with Gasteiger partial charge in [0.2, 0.25) is 0 Å². The standard InChI is InChI=1S/C15H17NO2/c1-11-10-14(18-3)8-9-15(11)16-12-4-6-13(17-2)7-5-12/h4-10,16H,1-3H3. The lowest BCUT2D eigenvalue weighted by Gasteiger charge is -2.11. The quantitative estimate of drug-likeness (QED) is 0.887. The van der Waals surface area contributed by atoms with Crippen molar-refractivity contribution in [3.63, 3.8) is 0 Å². The molecule has 0 fully saturated rings. The fourth-order valence-corrected chi connectivity index (χ4v) is 1.73. The Labute approximate surface area is 107 Å². The molecule has 0 saturated carbocycles. The molecule has 1 N–H and O–H groups in total. The maximum atomic E-state index is 5.19. The van der Waals surface area contributed by atoms with Crippen LogP contribution < -0.4 is 14.8 Å². The summed E-state index contributed by atoms with van der Waals surface area (Å²) in [5.41, 5.74) is 3.25. The van der Waals surface area contributed by atoms with Gasteiger partial charge in [-0.25, -0.2) is 0 Å². The molecule has 0 unspecified atom stereocenters. The number of rotatable bonds is 4. The number of aryl methyl sites for hydroxylation is 1. The first kappa shape index (κ1) is 12.3. The fraction of sp³-hybridized carbons (Fsp3) is 0.200. The summed E-state index contributed by atoms with van der Waals surface area (Å²) in [6.07, 6.45) is 0. The fourth-order valence-electron chi connectivity index (χ4n) is 1.73. The summed E-state index contributed by atoms with van der Waals surface area (Å²) >= 11 is 0. The van der Waals surface area contributed by atoms with Crippen LogP contribution in [0.1, 0.15) is 5.56 Å². The Balaban J connectivity index is 2.17. The van der Waals surface area contributed by atoms with E-state index in [0.717, 1.165) is 28.4 Å². The van der Waals surface area contributed by atoms with Crippen LogP contribution in [0, 0.1) is 6.92 Å². The third-order valence-corrected chi connectivity index (χ3v) is 2.80. The van der Waals surface area contributed by atoms with Gasteiger partial charge < -0.3 is 14.8 Å². The summed E-state index contributed by atoms with van der Waals surface area (Å²) in [4.78, 5) is 0. The molecule has 0 aromatic heterocycles. The highest BCUT2D eigenvalue weighted by atomic mass is 16.5. The molecular weight excluding hydrogens is 226 g/mol. The number of anilines is 2. The van der Waals surface area contributed by atoms with E-state index in [0.29, 0.717) is 0 Å². The average molecular weight is 243 g/mol. The second kappa shape index (κ2) is 5.45. The smallest absolute Gasteiger partial charge is 0.119 e. The van der Waals surface area contributed by atoms with E-state index < -0.39 is 0 Å². The highest BCUT2D eigenvalue weighted by Gasteiger charge is 2.01. The first-order valence-electron chi connectivity index (χ1n) is 5.78. The van der Waals surface area contributed by atoms with Crippen molar-refractivity contribution in [3.05, 3.63) is 48.0 Å². The lowest BCUT2D eigenvalue weighted by molar-refractivity contribution is 0.414. The van der Waals surface area contributed by atoms with Gasteiger partial charge in [0.05, 0.1) is 14.2 Å². The van der Waals surface area contributed by atoms with Crippen LogP contribution in [-0.2, 0) is 0 Å². The van der Waals surface area contributed by atoms with E-state index >= 15 is 0 Å². The molecule has 3 heteroatoms. The molecule has 2 aromatic carbocycles. The Kier molecular flexibility index (Phi) is 3.72. The van der Waals surface area contributed by atoms with E-state index in [-0.39, 0.29) is 0 Å². The third-order valence-electron chi connectivity index (χ3n) is 2.80.